The molecule has 0 unspecified atom stereocenters. The Morgan fingerprint density at radius 3 is 2.31 bits per heavy atom. The van der Waals surface area contributed by atoms with Gasteiger partial charge in [-0.25, -0.2) is 0 Å². The van der Waals surface area contributed by atoms with Crippen LogP contribution in [0.2, 0.25) is 0 Å². The lowest BCUT2D eigenvalue weighted by atomic mass is 9.95. The Hall–Kier alpha value is -0.0400. The molecule has 0 N–H and O–H groups in total. The number of unbranched alkanes of at least 4 members (excludes halogenated alkanes) is 3. The van der Waals surface area contributed by atoms with Crippen molar-refractivity contribution < 1.29 is 4.74 Å². The van der Waals surface area contributed by atoms with E-state index in [2.05, 4.69) is 13.8 Å². The molecule has 0 aromatic carbocycles. The van der Waals surface area contributed by atoms with Crippen LogP contribution >= 0.6 is 0 Å². The van der Waals surface area contributed by atoms with Crippen LogP contribution in [-0.4, -0.2) is 13.7 Å². The molecule has 0 aliphatic carbocycles. The minimum absolute atomic E-state index is 0.900. The molecule has 1 nitrogen and oxygen atoms in total. The number of hydrogen-bond donors (Lipinski definition) is 0. The van der Waals surface area contributed by atoms with Crippen LogP contribution in [0.3, 0.4) is 0 Å². The van der Waals surface area contributed by atoms with E-state index in [4.69, 9.17) is 4.74 Å². The minimum atomic E-state index is 0.900. The maximum atomic E-state index is 5.10. The van der Waals surface area contributed by atoms with E-state index in [1.165, 1.54) is 44.9 Å². The van der Waals surface area contributed by atoms with E-state index >= 15 is 0 Å². The molecule has 0 aliphatic rings. The highest BCUT2D eigenvalue weighted by Gasteiger charge is 2.04. The number of ether oxygens (including phenoxy) is 1. The summed E-state index contributed by atoms with van der Waals surface area (Å²) in [7, 11) is 1.80. The van der Waals surface area contributed by atoms with E-state index in [9.17, 15) is 0 Å². The van der Waals surface area contributed by atoms with Crippen LogP contribution in [0.15, 0.2) is 0 Å². The lowest BCUT2D eigenvalue weighted by molar-refractivity contribution is 0.173. The van der Waals surface area contributed by atoms with Crippen molar-refractivity contribution in [2.75, 3.05) is 13.7 Å². The second kappa shape index (κ2) is 10.0. The van der Waals surface area contributed by atoms with E-state index in [1.807, 2.05) is 0 Å². The van der Waals surface area contributed by atoms with Crippen LogP contribution < -0.4 is 0 Å². The number of methoxy groups -OCH3 is 1. The number of hydrogen-bond acceptors (Lipinski definition) is 1. The first-order valence-corrected chi connectivity index (χ1v) is 5.84. The van der Waals surface area contributed by atoms with Crippen LogP contribution in [0.25, 0.3) is 0 Å². The van der Waals surface area contributed by atoms with Gasteiger partial charge in [-0.2, -0.15) is 0 Å². The van der Waals surface area contributed by atoms with Crippen molar-refractivity contribution in [3.8, 4) is 0 Å². The minimum Gasteiger partial charge on any atom is -0.385 e. The van der Waals surface area contributed by atoms with Crippen molar-refractivity contribution >= 4 is 0 Å². The highest BCUT2D eigenvalue weighted by atomic mass is 16.5. The molecule has 0 bridgehead atoms. The normalized spacial score (nSPS) is 13.2. The molecule has 80 valence electrons. The van der Waals surface area contributed by atoms with Crippen molar-refractivity contribution in [3.05, 3.63) is 0 Å². The van der Waals surface area contributed by atoms with Gasteiger partial charge in [0.25, 0.3) is 0 Å². The van der Waals surface area contributed by atoms with Crippen molar-refractivity contribution in [1.29, 1.82) is 0 Å². The maximum absolute atomic E-state index is 5.10. The molecule has 0 saturated heterocycles. The molecule has 0 rings (SSSR count). The Bertz CT molecular complexity index is 91.1. The lowest BCUT2D eigenvalue weighted by Gasteiger charge is -2.13. The summed E-state index contributed by atoms with van der Waals surface area (Å²) in [6.45, 7) is 5.49. The zero-order valence-electron chi connectivity index (χ0n) is 9.64. The molecule has 0 fully saturated rings. The van der Waals surface area contributed by atoms with Gasteiger partial charge in [-0.3, -0.25) is 0 Å². The quantitative estimate of drug-likeness (QED) is 0.494. The Labute approximate surface area is 83.9 Å². The number of rotatable bonds is 9. The molecule has 0 amide bonds. The van der Waals surface area contributed by atoms with E-state index in [0.717, 1.165) is 12.5 Å². The third-order valence-electron chi connectivity index (χ3n) is 2.77. The molecule has 1 atom stereocenters. The largest absolute Gasteiger partial charge is 0.385 e. The second-order valence-corrected chi connectivity index (χ2v) is 3.91. The predicted molar refractivity (Wildman–Crippen MR) is 59.0 cm³/mol. The van der Waals surface area contributed by atoms with Gasteiger partial charge in [0.1, 0.15) is 0 Å². The van der Waals surface area contributed by atoms with Gasteiger partial charge in [0.15, 0.2) is 0 Å². The van der Waals surface area contributed by atoms with Gasteiger partial charge in [0, 0.05) is 13.7 Å². The summed E-state index contributed by atoms with van der Waals surface area (Å²) in [5.41, 5.74) is 0. The van der Waals surface area contributed by atoms with Crippen molar-refractivity contribution in [2.45, 2.75) is 58.8 Å². The topological polar surface area (TPSA) is 9.23 Å². The summed E-state index contributed by atoms with van der Waals surface area (Å²) in [5.74, 6) is 0.900. The summed E-state index contributed by atoms with van der Waals surface area (Å²) in [5, 5.41) is 0. The molecule has 0 aromatic heterocycles. The average Bonchev–Trinajstić information content (AvgIpc) is 2.17. The molecular formula is C12H26O. The van der Waals surface area contributed by atoms with Gasteiger partial charge in [0.2, 0.25) is 0 Å². The van der Waals surface area contributed by atoms with Crippen LogP contribution in [0.5, 0.6) is 0 Å². The molecule has 0 radical (unpaired) electrons. The zero-order chi connectivity index (χ0) is 9.94. The summed E-state index contributed by atoms with van der Waals surface area (Å²) >= 11 is 0. The third kappa shape index (κ3) is 8.29. The van der Waals surface area contributed by atoms with Gasteiger partial charge in [-0.15, -0.1) is 0 Å². The van der Waals surface area contributed by atoms with E-state index in [0.29, 0.717) is 0 Å². The van der Waals surface area contributed by atoms with Gasteiger partial charge in [-0.05, 0) is 12.3 Å². The third-order valence-corrected chi connectivity index (χ3v) is 2.77. The Morgan fingerprint density at radius 1 is 1.00 bits per heavy atom. The van der Waals surface area contributed by atoms with Gasteiger partial charge in [-0.1, -0.05) is 52.4 Å². The molecule has 0 saturated carbocycles. The van der Waals surface area contributed by atoms with Crippen molar-refractivity contribution in [3.63, 3.8) is 0 Å². The summed E-state index contributed by atoms with van der Waals surface area (Å²) < 4.78 is 5.10. The molecule has 0 heterocycles. The fraction of sp³-hybridized carbons (Fsp3) is 1.00. The maximum Gasteiger partial charge on any atom is 0.0464 e. The fourth-order valence-corrected chi connectivity index (χ4v) is 1.70. The molecule has 1 heteroatoms. The first kappa shape index (κ1) is 13.0. The van der Waals surface area contributed by atoms with Crippen LogP contribution in [0, 0.1) is 5.92 Å². The molecule has 0 spiro atoms. The lowest BCUT2D eigenvalue weighted by Crippen LogP contribution is -2.03. The second-order valence-electron chi connectivity index (χ2n) is 3.91. The van der Waals surface area contributed by atoms with Crippen molar-refractivity contribution in [2.24, 2.45) is 5.92 Å². The van der Waals surface area contributed by atoms with E-state index in [1.54, 1.807) is 7.11 Å². The Balaban J connectivity index is 3.25. The highest BCUT2D eigenvalue weighted by Crippen LogP contribution is 2.17. The predicted octanol–water partition coefficient (Wildman–Crippen LogP) is 4.02. The molecule has 13 heavy (non-hydrogen) atoms. The average molecular weight is 186 g/mol. The Kier molecular flexibility index (Phi) is 10.0. The SMILES string of the molecule is CCCCCC[C@H](CC)CCOC. The van der Waals surface area contributed by atoms with Crippen molar-refractivity contribution in [1.82, 2.24) is 0 Å². The standard InChI is InChI=1S/C12H26O/c1-4-6-7-8-9-12(5-2)10-11-13-3/h12H,4-11H2,1-3H3/t12-/m0/s1. The van der Waals surface area contributed by atoms with Crippen LogP contribution in [-0.2, 0) is 4.74 Å². The van der Waals surface area contributed by atoms with Crippen LogP contribution in [0.4, 0.5) is 0 Å². The summed E-state index contributed by atoms with van der Waals surface area (Å²) in [4.78, 5) is 0. The zero-order valence-corrected chi connectivity index (χ0v) is 9.64. The van der Waals surface area contributed by atoms with E-state index < -0.39 is 0 Å². The monoisotopic (exact) mass is 186 g/mol. The fourth-order valence-electron chi connectivity index (χ4n) is 1.70. The first-order valence-electron chi connectivity index (χ1n) is 5.84. The van der Waals surface area contributed by atoms with Gasteiger partial charge < -0.3 is 4.74 Å². The first-order chi connectivity index (χ1) is 6.35. The van der Waals surface area contributed by atoms with E-state index in [-0.39, 0.29) is 0 Å². The molecular weight excluding hydrogens is 160 g/mol. The highest BCUT2D eigenvalue weighted by molar-refractivity contribution is 4.57. The Morgan fingerprint density at radius 2 is 1.77 bits per heavy atom. The van der Waals surface area contributed by atoms with Gasteiger partial charge >= 0.3 is 0 Å². The summed E-state index contributed by atoms with van der Waals surface area (Å²) in [6.07, 6.45) is 9.54. The molecule has 0 aromatic rings. The van der Waals surface area contributed by atoms with Gasteiger partial charge in [0.05, 0.1) is 0 Å². The smallest absolute Gasteiger partial charge is 0.0464 e. The van der Waals surface area contributed by atoms with Crippen LogP contribution in [0.1, 0.15) is 58.8 Å². The summed E-state index contributed by atoms with van der Waals surface area (Å²) in [6, 6.07) is 0. The molecule has 0 aliphatic heterocycles.